The summed E-state index contributed by atoms with van der Waals surface area (Å²) in [5.41, 5.74) is 2.82. The fourth-order valence-corrected chi connectivity index (χ4v) is 3.10. The third-order valence-corrected chi connectivity index (χ3v) is 4.76. The van der Waals surface area contributed by atoms with Crippen LogP contribution in [0.5, 0.6) is 5.75 Å². The zero-order chi connectivity index (χ0) is 20.1. The number of nitrogens with one attached hydrogen (secondary N) is 2. The van der Waals surface area contributed by atoms with Gasteiger partial charge in [-0.3, -0.25) is 4.98 Å². The van der Waals surface area contributed by atoms with Gasteiger partial charge in [0.15, 0.2) is 0 Å². The van der Waals surface area contributed by atoms with Crippen LogP contribution in [0.2, 0.25) is 0 Å². The van der Waals surface area contributed by atoms with Crippen LogP contribution in [0.15, 0.2) is 42.7 Å². The molecule has 0 saturated heterocycles. The number of amides is 2. The number of benzene rings is 1. The number of rotatable bonds is 7. The number of carbonyl (C=O) groups is 1. The molecule has 1 unspecified atom stereocenters. The van der Waals surface area contributed by atoms with Gasteiger partial charge in [0.2, 0.25) is 0 Å². The molecule has 0 fully saturated rings. The molecule has 2 amide bonds. The molecule has 1 aromatic carbocycles. The van der Waals surface area contributed by atoms with Crippen molar-refractivity contribution in [1.82, 2.24) is 25.2 Å². The summed E-state index contributed by atoms with van der Waals surface area (Å²) < 4.78 is 5.24. The number of imidazole rings is 1. The summed E-state index contributed by atoms with van der Waals surface area (Å²) in [7, 11) is 3.43. The number of hydrogen-bond acceptors (Lipinski definition) is 4. The molecule has 0 spiro atoms. The fourth-order valence-electron chi connectivity index (χ4n) is 3.10. The minimum absolute atomic E-state index is 0.0812. The van der Waals surface area contributed by atoms with Crippen molar-refractivity contribution in [1.29, 1.82) is 0 Å². The van der Waals surface area contributed by atoms with Crippen molar-refractivity contribution >= 4 is 17.1 Å². The van der Waals surface area contributed by atoms with Crippen molar-refractivity contribution in [2.75, 3.05) is 20.7 Å². The van der Waals surface area contributed by atoms with Gasteiger partial charge in [0, 0.05) is 38.5 Å². The van der Waals surface area contributed by atoms with Gasteiger partial charge >= 0.3 is 6.03 Å². The standard InChI is InChI=1S/C21H27N5O2/c1-14(2)20(15-6-5-10-22-13-15)25-21(27)26(3)11-9-19-23-17-8-7-16(28-4)12-18(17)24-19/h5-8,10,12-14,20H,9,11H2,1-4H3,(H,23,24)(H,25,27). The Hall–Kier alpha value is -3.09. The van der Waals surface area contributed by atoms with Crippen molar-refractivity contribution in [2.45, 2.75) is 26.3 Å². The normalized spacial score (nSPS) is 12.2. The van der Waals surface area contributed by atoms with Crippen molar-refractivity contribution in [3.63, 3.8) is 0 Å². The molecule has 7 heteroatoms. The average molecular weight is 381 g/mol. The topological polar surface area (TPSA) is 83.1 Å². The highest BCUT2D eigenvalue weighted by atomic mass is 16.5. The highest BCUT2D eigenvalue weighted by Gasteiger charge is 2.20. The van der Waals surface area contributed by atoms with Gasteiger partial charge < -0.3 is 19.9 Å². The number of likely N-dealkylation sites (N-methyl/N-ethyl adjacent to an activating group) is 1. The van der Waals surface area contributed by atoms with Gasteiger partial charge in [0.05, 0.1) is 24.2 Å². The first-order valence-electron chi connectivity index (χ1n) is 9.42. The van der Waals surface area contributed by atoms with E-state index in [1.165, 1.54) is 0 Å². The Morgan fingerprint density at radius 3 is 2.82 bits per heavy atom. The smallest absolute Gasteiger partial charge is 0.317 e. The van der Waals surface area contributed by atoms with Gasteiger partial charge in [-0.15, -0.1) is 0 Å². The molecule has 0 aliphatic heterocycles. The molecule has 28 heavy (non-hydrogen) atoms. The molecular weight excluding hydrogens is 354 g/mol. The molecule has 0 bridgehead atoms. The number of pyridine rings is 1. The van der Waals surface area contributed by atoms with E-state index in [0.29, 0.717) is 13.0 Å². The second-order valence-electron chi connectivity index (χ2n) is 7.20. The molecule has 148 valence electrons. The lowest BCUT2D eigenvalue weighted by Crippen LogP contribution is -2.41. The van der Waals surface area contributed by atoms with E-state index in [1.807, 2.05) is 30.3 Å². The number of hydrogen-bond donors (Lipinski definition) is 2. The number of carbonyl (C=O) groups excluding carboxylic acids is 1. The van der Waals surface area contributed by atoms with Crippen molar-refractivity contribution < 1.29 is 9.53 Å². The Morgan fingerprint density at radius 1 is 1.32 bits per heavy atom. The number of urea groups is 1. The van der Waals surface area contributed by atoms with Crippen LogP contribution in [-0.2, 0) is 6.42 Å². The molecule has 3 rings (SSSR count). The molecule has 2 aromatic heterocycles. The van der Waals surface area contributed by atoms with E-state index in [1.54, 1.807) is 31.5 Å². The van der Waals surface area contributed by atoms with Gasteiger partial charge in [-0.1, -0.05) is 19.9 Å². The minimum atomic E-state index is -0.111. The van der Waals surface area contributed by atoms with Crippen LogP contribution in [0.25, 0.3) is 11.0 Å². The van der Waals surface area contributed by atoms with E-state index in [2.05, 4.69) is 34.1 Å². The van der Waals surface area contributed by atoms with Crippen LogP contribution in [0.1, 0.15) is 31.3 Å². The molecule has 7 nitrogen and oxygen atoms in total. The third-order valence-electron chi connectivity index (χ3n) is 4.76. The monoisotopic (exact) mass is 381 g/mol. The van der Waals surface area contributed by atoms with Crippen molar-refractivity contribution in [3.8, 4) is 5.75 Å². The van der Waals surface area contributed by atoms with Gasteiger partial charge in [0.25, 0.3) is 0 Å². The van der Waals surface area contributed by atoms with Crippen LogP contribution >= 0.6 is 0 Å². The first-order valence-corrected chi connectivity index (χ1v) is 9.42. The summed E-state index contributed by atoms with van der Waals surface area (Å²) in [5, 5.41) is 3.11. The number of H-pyrrole nitrogens is 1. The quantitative estimate of drug-likeness (QED) is 0.656. The average Bonchev–Trinajstić information content (AvgIpc) is 3.12. The van der Waals surface area contributed by atoms with Crippen LogP contribution in [0.4, 0.5) is 4.79 Å². The van der Waals surface area contributed by atoms with Gasteiger partial charge in [-0.2, -0.15) is 0 Å². The Labute approximate surface area is 165 Å². The molecule has 2 heterocycles. The summed E-state index contributed by atoms with van der Waals surface area (Å²) in [4.78, 5) is 26.4. The Morgan fingerprint density at radius 2 is 2.14 bits per heavy atom. The van der Waals surface area contributed by atoms with Crippen LogP contribution in [0, 0.1) is 5.92 Å². The molecule has 0 aliphatic rings. The minimum Gasteiger partial charge on any atom is -0.497 e. The molecule has 2 N–H and O–H groups in total. The molecule has 0 aliphatic carbocycles. The van der Waals surface area contributed by atoms with E-state index in [0.717, 1.165) is 28.2 Å². The first kappa shape index (κ1) is 19.7. The predicted octanol–water partition coefficient (Wildman–Crippen LogP) is 3.55. The molecule has 0 saturated carbocycles. The van der Waals surface area contributed by atoms with Crippen LogP contribution in [-0.4, -0.2) is 46.6 Å². The fraction of sp³-hybridized carbons (Fsp3) is 0.381. The molecular formula is C21H27N5O2. The number of fused-ring (bicyclic) bond motifs is 1. The number of methoxy groups -OCH3 is 1. The number of nitrogens with zero attached hydrogens (tertiary/aromatic N) is 3. The number of aromatic amines is 1. The van der Waals surface area contributed by atoms with E-state index < -0.39 is 0 Å². The van der Waals surface area contributed by atoms with Crippen LogP contribution < -0.4 is 10.1 Å². The summed E-state index contributed by atoms with van der Waals surface area (Å²) in [6.45, 7) is 4.72. The summed E-state index contributed by atoms with van der Waals surface area (Å²) in [5.74, 6) is 1.89. The Kier molecular flexibility index (Phi) is 6.13. The van der Waals surface area contributed by atoms with Gasteiger partial charge in [-0.25, -0.2) is 9.78 Å². The van der Waals surface area contributed by atoms with Crippen LogP contribution in [0.3, 0.4) is 0 Å². The van der Waals surface area contributed by atoms with E-state index in [4.69, 9.17) is 4.74 Å². The number of ether oxygens (including phenoxy) is 1. The lowest BCUT2D eigenvalue weighted by Gasteiger charge is -2.26. The predicted molar refractivity (Wildman–Crippen MR) is 109 cm³/mol. The largest absolute Gasteiger partial charge is 0.497 e. The zero-order valence-corrected chi connectivity index (χ0v) is 16.8. The zero-order valence-electron chi connectivity index (χ0n) is 16.8. The van der Waals surface area contributed by atoms with Gasteiger partial charge in [0.1, 0.15) is 11.6 Å². The molecule has 0 radical (unpaired) electrons. The lowest BCUT2D eigenvalue weighted by molar-refractivity contribution is 0.201. The first-order chi connectivity index (χ1) is 13.5. The second-order valence-corrected chi connectivity index (χ2v) is 7.20. The van der Waals surface area contributed by atoms with E-state index in [-0.39, 0.29) is 18.0 Å². The van der Waals surface area contributed by atoms with Crippen molar-refractivity contribution in [2.24, 2.45) is 5.92 Å². The highest BCUT2D eigenvalue weighted by Crippen LogP contribution is 2.21. The third kappa shape index (κ3) is 4.60. The van der Waals surface area contributed by atoms with Crippen molar-refractivity contribution in [3.05, 3.63) is 54.1 Å². The number of aromatic nitrogens is 3. The Balaban J connectivity index is 1.60. The molecule has 1 atom stereocenters. The maximum atomic E-state index is 12.7. The maximum Gasteiger partial charge on any atom is 0.317 e. The summed E-state index contributed by atoms with van der Waals surface area (Å²) in [6.07, 6.45) is 4.17. The lowest BCUT2D eigenvalue weighted by atomic mass is 9.98. The summed E-state index contributed by atoms with van der Waals surface area (Å²) >= 11 is 0. The Bertz CT molecular complexity index is 923. The highest BCUT2D eigenvalue weighted by molar-refractivity contribution is 5.77. The second kappa shape index (κ2) is 8.73. The summed E-state index contributed by atoms with van der Waals surface area (Å²) in [6, 6.07) is 9.41. The SMILES string of the molecule is COc1ccc2nc(CCN(C)C(=O)NC(c3cccnc3)C(C)C)[nH]c2c1. The van der Waals surface area contributed by atoms with E-state index >= 15 is 0 Å². The molecule has 3 aromatic rings. The maximum absolute atomic E-state index is 12.7. The van der Waals surface area contributed by atoms with Gasteiger partial charge in [-0.05, 0) is 29.7 Å². The van der Waals surface area contributed by atoms with E-state index in [9.17, 15) is 4.79 Å².